The van der Waals surface area contributed by atoms with Gasteiger partial charge in [-0.2, -0.15) is 0 Å². The summed E-state index contributed by atoms with van der Waals surface area (Å²) >= 11 is 7.60. The molecule has 1 amide bonds. The monoisotopic (exact) mass is 378 g/mol. The highest BCUT2D eigenvalue weighted by Gasteiger charge is 2.51. The van der Waals surface area contributed by atoms with Gasteiger partial charge in [-0.05, 0) is 30.4 Å². The summed E-state index contributed by atoms with van der Waals surface area (Å²) in [5.41, 5.74) is 5.28. The predicted octanol–water partition coefficient (Wildman–Crippen LogP) is 3.85. The Labute approximate surface area is 154 Å². The molecule has 2 aromatic rings. The number of hydrogen-bond donors (Lipinski definition) is 2. The van der Waals surface area contributed by atoms with E-state index in [0.717, 1.165) is 43.4 Å². The average Bonchev–Trinajstić information content (AvgIpc) is 3.08. The molecule has 7 heteroatoms. The second kappa shape index (κ2) is 7.14. The molecule has 1 atom stereocenters. The first kappa shape index (κ1) is 17.9. The number of carboxylic acids is 1. The summed E-state index contributed by atoms with van der Waals surface area (Å²) < 4.78 is 0. The topological polar surface area (TPSA) is 93.3 Å². The van der Waals surface area contributed by atoms with Gasteiger partial charge in [-0.1, -0.05) is 49.1 Å². The van der Waals surface area contributed by atoms with Crippen LogP contribution in [0.4, 0.5) is 0 Å². The van der Waals surface area contributed by atoms with Crippen LogP contribution in [-0.2, 0) is 10.2 Å². The Kier molecular flexibility index (Phi) is 5.11. The lowest BCUT2D eigenvalue weighted by Gasteiger charge is -2.39. The molecule has 3 N–H and O–H groups in total. The average molecular weight is 379 g/mol. The Morgan fingerprint density at radius 1 is 1.24 bits per heavy atom. The van der Waals surface area contributed by atoms with Crippen molar-refractivity contribution < 1.29 is 14.7 Å². The van der Waals surface area contributed by atoms with E-state index in [1.165, 1.54) is 5.38 Å². The lowest BCUT2D eigenvalue weighted by atomic mass is 9.64. The maximum atomic E-state index is 12.8. The quantitative estimate of drug-likeness (QED) is 0.826. The third kappa shape index (κ3) is 3.04. The highest BCUT2D eigenvalue weighted by molar-refractivity contribution is 7.10. The zero-order valence-corrected chi connectivity index (χ0v) is 15.1. The van der Waals surface area contributed by atoms with Crippen molar-refractivity contribution in [1.82, 2.24) is 4.98 Å². The summed E-state index contributed by atoms with van der Waals surface area (Å²) in [7, 11) is 0. The lowest BCUT2D eigenvalue weighted by molar-refractivity contribution is -0.124. The number of nitrogens with zero attached hydrogens (tertiary/aromatic N) is 1. The third-order valence-corrected chi connectivity index (χ3v) is 6.27. The predicted molar refractivity (Wildman–Crippen MR) is 97.1 cm³/mol. The minimum Gasteiger partial charge on any atom is -0.476 e. The van der Waals surface area contributed by atoms with Crippen molar-refractivity contribution in [3.8, 4) is 0 Å². The number of thiazole rings is 1. The molecule has 1 aliphatic rings. The van der Waals surface area contributed by atoms with Gasteiger partial charge in [0.25, 0.3) is 0 Å². The summed E-state index contributed by atoms with van der Waals surface area (Å²) in [4.78, 5) is 28.4. The zero-order chi connectivity index (χ0) is 18.0. The van der Waals surface area contributed by atoms with Crippen molar-refractivity contribution in [3.63, 3.8) is 0 Å². The van der Waals surface area contributed by atoms with Gasteiger partial charge in [-0.15, -0.1) is 11.3 Å². The molecule has 1 aliphatic carbocycles. The van der Waals surface area contributed by atoms with Crippen molar-refractivity contribution >= 4 is 34.8 Å². The highest BCUT2D eigenvalue weighted by atomic mass is 35.5. The first-order valence-electron chi connectivity index (χ1n) is 8.22. The number of primary amides is 1. The van der Waals surface area contributed by atoms with E-state index in [2.05, 4.69) is 4.98 Å². The standard InChI is InChI=1S/C18H19ClN2O3S/c19-13-9-5-4-8-12(13)18(16(20)24,11-6-2-1-3-7-11)17-21-14(10-25-17)15(22)23/h4-5,8-11H,1-3,6-7H2,(H2,20,24)(H,22,23). The van der Waals surface area contributed by atoms with Gasteiger partial charge in [-0.3, -0.25) is 4.79 Å². The van der Waals surface area contributed by atoms with Crippen molar-refractivity contribution in [3.05, 3.63) is 50.9 Å². The fourth-order valence-electron chi connectivity index (χ4n) is 3.82. The van der Waals surface area contributed by atoms with Crippen molar-refractivity contribution in [2.45, 2.75) is 37.5 Å². The maximum Gasteiger partial charge on any atom is 0.355 e. The second-order valence-corrected chi connectivity index (χ2v) is 7.60. The number of halogens is 1. The van der Waals surface area contributed by atoms with Gasteiger partial charge in [0.1, 0.15) is 10.4 Å². The van der Waals surface area contributed by atoms with Crippen LogP contribution in [0, 0.1) is 5.92 Å². The number of benzene rings is 1. The molecule has 1 unspecified atom stereocenters. The van der Waals surface area contributed by atoms with Crippen molar-refractivity contribution in [2.24, 2.45) is 11.7 Å². The molecule has 132 valence electrons. The maximum absolute atomic E-state index is 12.8. The number of nitrogens with two attached hydrogens (primary N) is 1. The van der Waals surface area contributed by atoms with E-state index in [0.29, 0.717) is 15.6 Å². The summed E-state index contributed by atoms with van der Waals surface area (Å²) in [5.74, 6) is -1.70. The summed E-state index contributed by atoms with van der Waals surface area (Å²) in [6.45, 7) is 0. The third-order valence-electron chi connectivity index (χ3n) is 4.97. The second-order valence-electron chi connectivity index (χ2n) is 6.33. The Morgan fingerprint density at radius 2 is 1.92 bits per heavy atom. The van der Waals surface area contributed by atoms with E-state index in [1.807, 2.05) is 6.07 Å². The van der Waals surface area contributed by atoms with Gasteiger partial charge >= 0.3 is 5.97 Å². The van der Waals surface area contributed by atoms with Crippen molar-refractivity contribution in [1.29, 1.82) is 0 Å². The van der Waals surface area contributed by atoms with Crippen LogP contribution in [-0.4, -0.2) is 22.0 Å². The minimum absolute atomic E-state index is 0.0496. The van der Waals surface area contributed by atoms with Crippen LogP contribution >= 0.6 is 22.9 Å². The molecular formula is C18H19ClN2O3S. The number of aromatic carboxylic acids is 1. The number of carboxylic acid groups (broad SMARTS) is 1. The van der Waals surface area contributed by atoms with E-state index in [1.54, 1.807) is 18.2 Å². The molecule has 3 rings (SSSR count). The Balaban J connectivity index is 2.26. The lowest BCUT2D eigenvalue weighted by Crippen LogP contribution is -2.49. The molecule has 0 spiro atoms. The van der Waals surface area contributed by atoms with Gasteiger partial charge in [0.15, 0.2) is 5.69 Å². The SMILES string of the molecule is NC(=O)C(c1nc(C(=O)O)cs1)(c1ccccc1Cl)C1CCCCC1. The molecule has 1 aromatic carbocycles. The van der Waals surface area contributed by atoms with E-state index in [4.69, 9.17) is 17.3 Å². The van der Waals surface area contributed by atoms with E-state index >= 15 is 0 Å². The van der Waals surface area contributed by atoms with Crippen LogP contribution < -0.4 is 5.73 Å². The number of amides is 1. The largest absolute Gasteiger partial charge is 0.476 e. The van der Waals surface area contributed by atoms with Crippen molar-refractivity contribution in [2.75, 3.05) is 0 Å². The fourth-order valence-corrected chi connectivity index (χ4v) is 5.19. The van der Waals surface area contributed by atoms with Crippen LogP contribution in [0.1, 0.15) is 53.2 Å². The highest BCUT2D eigenvalue weighted by Crippen LogP contribution is 2.48. The van der Waals surface area contributed by atoms with Gasteiger partial charge < -0.3 is 10.8 Å². The molecule has 1 aromatic heterocycles. The summed E-state index contributed by atoms with van der Waals surface area (Å²) in [5, 5.41) is 11.6. The van der Waals surface area contributed by atoms with Gasteiger partial charge in [0, 0.05) is 10.4 Å². The number of aromatic nitrogens is 1. The molecule has 0 aliphatic heterocycles. The minimum atomic E-state index is -1.20. The molecule has 1 fully saturated rings. The van der Waals surface area contributed by atoms with E-state index in [-0.39, 0.29) is 11.6 Å². The molecule has 1 saturated carbocycles. The summed E-state index contributed by atoms with van der Waals surface area (Å²) in [6, 6.07) is 7.13. The van der Waals surface area contributed by atoms with Crippen LogP contribution in [0.5, 0.6) is 0 Å². The Hall–Kier alpha value is -1.92. The fraction of sp³-hybridized carbons (Fsp3) is 0.389. The Morgan fingerprint density at radius 3 is 2.48 bits per heavy atom. The van der Waals surface area contributed by atoms with Crippen LogP contribution in [0.15, 0.2) is 29.6 Å². The smallest absolute Gasteiger partial charge is 0.355 e. The van der Waals surface area contributed by atoms with Gasteiger partial charge in [-0.25, -0.2) is 9.78 Å². The molecule has 0 bridgehead atoms. The van der Waals surface area contributed by atoms with E-state index in [9.17, 15) is 14.7 Å². The molecule has 5 nitrogen and oxygen atoms in total. The first-order chi connectivity index (χ1) is 12.0. The number of carbonyl (C=O) groups is 2. The molecule has 25 heavy (non-hydrogen) atoms. The van der Waals surface area contributed by atoms with Gasteiger partial charge in [0.2, 0.25) is 5.91 Å². The first-order valence-corrected chi connectivity index (χ1v) is 9.48. The molecule has 1 heterocycles. The van der Waals surface area contributed by atoms with Crippen LogP contribution in [0.3, 0.4) is 0 Å². The van der Waals surface area contributed by atoms with Gasteiger partial charge in [0.05, 0.1) is 0 Å². The van der Waals surface area contributed by atoms with Crippen LogP contribution in [0.2, 0.25) is 5.02 Å². The zero-order valence-electron chi connectivity index (χ0n) is 13.6. The van der Waals surface area contributed by atoms with E-state index < -0.39 is 17.3 Å². The number of carbonyl (C=O) groups excluding carboxylic acids is 1. The Bertz CT molecular complexity index is 801. The number of hydrogen-bond acceptors (Lipinski definition) is 4. The molecule has 0 saturated heterocycles. The van der Waals surface area contributed by atoms with Crippen LogP contribution in [0.25, 0.3) is 0 Å². The number of rotatable bonds is 5. The normalized spacial score (nSPS) is 17.8. The summed E-state index contributed by atoms with van der Waals surface area (Å²) in [6.07, 6.45) is 4.78. The molecule has 0 radical (unpaired) electrons. The molecular weight excluding hydrogens is 360 g/mol.